The number of amides is 1. The lowest BCUT2D eigenvalue weighted by Crippen LogP contribution is -2.51. The maximum atomic E-state index is 13.3. The minimum atomic E-state index is -0.307. The quantitative estimate of drug-likeness (QED) is 0.167. The minimum Gasteiger partial charge on any atom is -0.329 e. The summed E-state index contributed by atoms with van der Waals surface area (Å²) in [5.41, 5.74) is 2.84. The Bertz CT molecular complexity index is 1060. The second kappa shape index (κ2) is 11.7. The zero-order valence-corrected chi connectivity index (χ0v) is 27.0. The lowest BCUT2D eigenvalue weighted by atomic mass is 9.46. The van der Waals surface area contributed by atoms with E-state index in [0.717, 1.165) is 54.9 Å². The Morgan fingerprint density at radius 1 is 1.10 bits per heavy atom. The smallest absolute Gasteiger partial charge is 0.329 e. The summed E-state index contributed by atoms with van der Waals surface area (Å²) in [7, 11) is 6.49. The van der Waals surface area contributed by atoms with E-state index >= 15 is 0 Å². The van der Waals surface area contributed by atoms with Gasteiger partial charge >= 0.3 is 6.09 Å². The first kappa shape index (κ1) is 30.7. The van der Waals surface area contributed by atoms with Crippen molar-refractivity contribution in [2.75, 3.05) is 47.3 Å². The molecule has 1 N–H and O–H groups in total. The maximum Gasteiger partial charge on any atom is 0.436 e. The monoisotopic (exact) mass is 569 g/mol. The van der Waals surface area contributed by atoms with Gasteiger partial charge in [0.05, 0.1) is 39.9 Å². The van der Waals surface area contributed by atoms with Crippen molar-refractivity contribution in [3.8, 4) is 0 Å². The number of fused-ring (bicyclic) bond motifs is 5. The van der Waals surface area contributed by atoms with Crippen LogP contribution in [0.2, 0.25) is 0 Å². The van der Waals surface area contributed by atoms with E-state index < -0.39 is 0 Å². The Balaban J connectivity index is 1.23. The predicted octanol–water partition coefficient (Wildman–Crippen LogP) is 6.04. The molecule has 4 aliphatic carbocycles. The molecule has 1 saturated heterocycles. The summed E-state index contributed by atoms with van der Waals surface area (Å²) in [6, 6.07) is 0.475. The van der Waals surface area contributed by atoms with Gasteiger partial charge in [0.15, 0.2) is 5.78 Å². The van der Waals surface area contributed by atoms with Crippen molar-refractivity contribution >= 4 is 17.6 Å². The largest absolute Gasteiger partial charge is 0.436 e. The van der Waals surface area contributed by atoms with Crippen LogP contribution in [0.25, 0.3) is 0 Å². The maximum absolute atomic E-state index is 13.3. The molecule has 0 aromatic carbocycles. The number of rotatable bonds is 8. The highest BCUT2D eigenvalue weighted by Gasteiger charge is 2.59. The molecule has 1 heterocycles. The zero-order valence-electron chi connectivity index (χ0n) is 27.0. The van der Waals surface area contributed by atoms with Crippen LogP contribution >= 0.6 is 0 Å². The zero-order chi connectivity index (χ0) is 29.6. The molecule has 1 aliphatic heterocycles. The third kappa shape index (κ3) is 6.32. The second-order valence-electron chi connectivity index (χ2n) is 16.0. The molecule has 0 aromatic rings. The highest BCUT2D eigenvalue weighted by Crippen LogP contribution is 2.66. The first-order chi connectivity index (χ1) is 19.3. The van der Waals surface area contributed by atoms with Gasteiger partial charge in [-0.25, -0.2) is 4.79 Å². The summed E-state index contributed by atoms with van der Waals surface area (Å²) in [6.45, 7) is 12.6. The number of nitrogens with zero attached hydrogens (tertiary/aromatic N) is 3. The number of carbonyl (C=O) groups excluding carboxylic acids is 2. The Hall–Kier alpha value is -1.73. The molecule has 0 radical (unpaired) electrons. The Morgan fingerprint density at radius 3 is 2.59 bits per heavy atom. The Kier molecular flexibility index (Phi) is 8.80. The molecule has 0 spiro atoms. The molecule has 5 aliphatic rings. The molecule has 230 valence electrons. The normalized spacial score (nSPS) is 39.0. The number of ketones is 1. The molecular formula is C34H57N4O3+. The summed E-state index contributed by atoms with van der Waals surface area (Å²) in [5, 5.41) is 8.15. The van der Waals surface area contributed by atoms with Gasteiger partial charge in [-0.3, -0.25) is 9.63 Å². The first-order valence-electron chi connectivity index (χ1n) is 16.6. The van der Waals surface area contributed by atoms with Crippen LogP contribution in [0.4, 0.5) is 4.79 Å². The number of carbonyl (C=O) groups is 2. The SMILES string of the molecule is C/C(=N\OC(=O)N(CCC1CC(C)CN1)CC[N+](C)(C)C)[C@H]1CC[C@H]2[C@@H]3CCC4=CC(=O)CC[C@]4(C)[C@H]3CC[C@]12C. The van der Waals surface area contributed by atoms with Gasteiger partial charge in [-0.05, 0) is 112 Å². The molecule has 2 unspecified atom stereocenters. The Labute approximate surface area is 249 Å². The molecule has 5 rings (SSSR count). The number of nitrogens with one attached hydrogen (secondary N) is 1. The number of allylic oxidation sites excluding steroid dienone is 1. The van der Waals surface area contributed by atoms with Crippen molar-refractivity contribution in [1.29, 1.82) is 0 Å². The van der Waals surface area contributed by atoms with E-state index in [1.807, 2.05) is 11.0 Å². The Morgan fingerprint density at radius 2 is 1.88 bits per heavy atom. The van der Waals surface area contributed by atoms with Gasteiger partial charge in [0, 0.05) is 24.9 Å². The van der Waals surface area contributed by atoms with E-state index in [-0.39, 0.29) is 16.9 Å². The molecular weight excluding hydrogens is 512 g/mol. The summed E-state index contributed by atoms with van der Waals surface area (Å²) >= 11 is 0. The van der Waals surface area contributed by atoms with Crippen LogP contribution in [0.3, 0.4) is 0 Å². The van der Waals surface area contributed by atoms with E-state index in [1.54, 1.807) is 0 Å². The van der Waals surface area contributed by atoms with Crippen LogP contribution in [0, 0.1) is 40.4 Å². The van der Waals surface area contributed by atoms with Gasteiger partial charge in [-0.15, -0.1) is 0 Å². The van der Waals surface area contributed by atoms with Crippen LogP contribution in [0.1, 0.15) is 91.9 Å². The average Bonchev–Trinajstić information content (AvgIpc) is 3.49. The van der Waals surface area contributed by atoms with Crippen LogP contribution in [-0.2, 0) is 9.63 Å². The fourth-order valence-corrected chi connectivity index (χ4v) is 9.74. The predicted molar refractivity (Wildman–Crippen MR) is 164 cm³/mol. The van der Waals surface area contributed by atoms with Crippen molar-refractivity contribution in [1.82, 2.24) is 10.2 Å². The molecule has 0 bridgehead atoms. The fourth-order valence-electron chi connectivity index (χ4n) is 9.74. The molecule has 41 heavy (non-hydrogen) atoms. The number of hydrogen-bond donors (Lipinski definition) is 1. The number of quaternary nitrogens is 1. The highest BCUT2D eigenvalue weighted by atomic mass is 16.7. The number of likely N-dealkylation sites (N-methyl/N-ethyl adjacent to an activating group) is 1. The molecule has 7 heteroatoms. The standard InChI is InChI=1S/C34H57N4O3/c1-23-20-26(35-22-23)14-17-37(18-19-38(5,6)7)32(40)41-36-24(2)29-10-11-30-28-9-8-25-21-27(39)12-15-33(25,3)31(28)13-16-34(29,30)4/h21,23,26,28-31,35H,8-20,22H2,1-7H3/q+1/b36-24+/t23?,26?,28-,29+,30-,31-,33-,34+/m0/s1. The van der Waals surface area contributed by atoms with Crippen molar-refractivity contribution < 1.29 is 18.9 Å². The summed E-state index contributed by atoms with van der Waals surface area (Å²) in [4.78, 5) is 33.1. The van der Waals surface area contributed by atoms with Gasteiger partial charge < -0.3 is 14.7 Å². The lowest BCUT2D eigenvalue weighted by Gasteiger charge is -2.58. The summed E-state index contributed by atoms with van der Waals surface area (Å²) < 4.78 is 0.807. The van der Waals surface area contributed by atoms with Crippen molar-refractivity contribution in [3.05, 3.63) is 11.6 Å². The van der Waals surface area contributed by atoms with Crippen LogP contribution < -0.4 is 5.32 Å². The van der Waals surface area contributed by atoms with Gasteiger partial charge in [0.1, 0.15) is 0 Å². The topological polar surface area (TPSA) is 71.0 Å². The van der Waals surface area contributed by atoms with Gasteiger partial charge in [0.25, 0.3) is 0 Å². The van der Waals surface area contributed by atoms with Crippen LogP contribution in [0.15, 0.2) is 16.8 Å². The molecule has 8 atom stereocenters. The van der Waals surface area contributed by atoms with Crippen molar-refractivity contribution in [3.63, 3.8) is 0 Å². The molecule has 4 fully saturated rings. The fraction of sp³-hybridized carbons (Fsp3) is 0.853. The van der Waals surface area contributed by atoms with E-state index in [9.17, 15) is 9.59 Å². The molecule has 0 aromatic heterocycles. The van der Waals surface area contributed by atoms with Crippen molar-refractivity contribution in [2.24, 2.45) is 45.6 Å². The van der Waals surface area contributed by atoms with E-state index in [2.05, 4.69) is 59.3 Å². The molecule has 1 amide bonds. The van der Waals surface area contributed by atoms with Gasteiger partial charge in [-0.2, -0.15) is 0 Å². The third-order valence-corrected chi connectivity index (χ3v) is 12.2. The number of hydrogen-bond acceptors (Lipinski definition) is 5. The van der Waals surface area contributed by atoms with Crippen molar-refractivity contribution in [2.45, 2.75) is 97.9 Å². The first-order valence-corrected chi connectivity index (χ1v) is 16.6. The lowest BCUT2D eigenvalue weighted by molar-refractivity contribution is -0.869. The molecule has 3 saturated carbocycles. The van der Waals surface area contributed by atoms with Crippen LogP contribution in [-0.4, -0.2) is 80.3 Å². The highest BCUT2D eigenvalue weighted by molar-refractivity contribution is 5.91. The average molecular weight is 570 g/mol. The van der Waals surface area contributed by atoms with Gasteiger partial charge in [0.2, 0.25) is 0 Å². The number of oxime groups is 1. The van der Waals surface area contributed by atoms with Gasteiger partial charge in [-0.1, -0.05) is 31.5 Å². The van der Waals surface area contributed by atoms with E-state index in [1.165, 1.54) is 37.7 Å². The third-order valence-electron chi connectivity index (χ3n) is 12.2. The summed E-state index contributed by atoms with van der Waals surface area (Å²) in [6.07, 6.45) is 12.7. The van der Waals surface area contributed by atoms with Crippen LogP contribution in [0.5, 0.6) is 0 Å². The molecule has 7 nitrogen and oxygen atoms in total. The second-order valence-corrected chi connectivity index (χ2v) is 16.0. The minimum absolute atomic E-state index is 0.205. The van der Waals surface area contributed by atoms with E-state index in [0.29, 0.717) is 55.0 Å². The van der Waals surface area contributed by atoms with E-state index in [4.69, 9.17) is 4.84 Å². The summed E-state index contributed by atoms with van der Waals surface area (Å²) in [5.74, 6) is 3.50.